The zero-order chi connectivity index (χ0) is 17.8. The summed E-state index contributed by atoms with van der Waals surface area (Å²) < 4.78 is 0. The van der Waals surface area contributed by atoms with Gasteiger partial charge in [0.1, 0.15) is 6.04 Å². The van der Waals surface area contributed by atoms with Crippen LogP contribution in [-0.4, -0.2) is 22.8 Å². The van der Waals surface area contributed by atoms with Crippen LogP contribution >= 0.6 is 0 Å². The summed E-state index contributed by atoms with van der Waals surface area (Å²) in [5.74, 6) is -0.933. The predicted molar refractivity (Wildman–Crippen MR) is 97.1 cm³/mol. The Labute approximate surface area is 145 Å². The van der Waals surface area contributed by atoms with Gasteiger partial charge in [-0.15, -0.1) is 0 Å². The van der Waals surface area contributed by atoms with Crippen LogP contribution in [0.1, 0.15) is 21.5 Å². The van der Waals surface area contributed by atoms with Crippen molar-refractivity contribution in [3.8, 4) is 0 Å². The fraction of sp³-hybridized carbons (Fsp3) is 0.150. The lowest BCUT2D eigenvalue weighted by Gasteiger charge is -2.16. The number of nitrogens with two attached hydrogens (primary N) is 1. The summed E-state index contributed by atoms with van der Waals surface area (Å²) in [6, 6.07) is 16.3. The van der Waals surface area contributed by atoms with E-state index in [9.17, 15) is 9.59 Å². The lowest BCUT2D eigenvalue weighted by Crippen LogP contribution is -2.45. The van der Waals surface area contributed by atoms with Crippen molar-refractivity contribution in [1.82, 2.24) is 10.3 Å². The van der Waals surface area contributed by atoms with Crippen LogP contribution in [0.25, 0.3) is 10.9 Å². The maximum Gasteiger partial charge on any atom is 0.253 e. The topological polar surface area (TPSA) is 85.1 Å². The number of para-hydroxylation sites is 1. The number of nitrogens with zero attached hydrogens (tertiary/aromatic N) is 1. The number of carbonyl (C=O) groups excluding carboxylic acids is 2. The average molecular weight is 333 g/mol. The summed E-state index contributed by atoms with van der Waals surface area (Å²) >= 11 is 0. The van der Waals surface area contributed by atoms with Crippen molar-refractivity contribution in [3.05, 3.63) is 77.5 Å². The van der Waals surface area contributed by atoms with Gasteiger partial charge in [-0.1, -0.05) is 48.0 Å². The molecule has 3 aromatic rings. The fourth-order valence-corrected chi connectivity index (χ4v) is 2.62. The van der Waals surface area contributed by atoms with Gasteiger partial charge in [0.15, 0.2) is 0 Å². The van der Waals surface area contributed by atoms with Gasteiger partial charge in [-0.05, 0) is 24.6 Å². The molecule has 0 aliphatic carbocycles. The highest BCUT2D eigenvalue weighted by molar-refractivity contribution is 5.99. The summed E-state index contributed by atoms with van der Waals surface area (Å²) in [7, 11) is 0. The van der Waals surface area contributed by atoms with E-state index in [0.29, 0.717) is 12.0 Å². The van der Waals surface area contributed by atoms with E-state index < -0.39 is 11.9 Å². The number of benzene rings is 2. The SMILES string of the molecule is Cc1ccc(C[C@H](NC(=O)c2cnc3ccccc3c2)C(N)=O)cc1. The molecule has 5 nitrogen and oxygen atoms in total. The number of hydrogen-bond acceptors (Lipinski definition) is 3. The Bertz CT molecular complexity index is 920. The summed E-state index contributed by atoms with van der Waals surface area (Å²) in [4.78, 5) is 28.5. The van der Waals surface area contributed by atoms with E-state index >= 15 is 0 Å². The molecule has 0 bridgehead atoms. The Morgan fingerprint density at radius 1 is 1.12 bits per heavy atom. The van der Waals surface area contributed by atoms with Crippen LogP contribution in [0.15, 0.2) is 60.8 Å². The lowest BCUT2D eigenvalue weighted by atomic mass is 10.0. The number of aryl methyl sites for hydroxylation is 1. The second-order valence-corrected chi connectivity index (χ2v) is 6.03. The van der Waals surface area contributed by atoms with Crippen LogP contribution in [0.2, 0.25) is 0 Å². The van der Waals surface area contributed by atoms with E-state index in [4.69, 9.17) is 5.73 Å². The minimum Gasteiger partial charge on any atom is -0.368 e. The van der Waals surface area contributed by atoms with Gasteiger partial charge in [-0.3, -0.25) is 14.6 Å². The highest BCUT2D eigenvalue weighted by Gasteiger charge is 2.19. The van der Waals surface area contributed by atoms with Crippen LogP contribution in [0.5, 0.6) is 0 Å². The third kappa shape index (κ3) is 4.01. The molecule has 2 aromatic carbocycles. The van der Waals surface area contributed by atoms with Crippen LogP contribution in [-0.2, 0) is 11.2 Å². The minimum atomic E-state index is -0.776. The molecule has 1 heterocycles. The second kappa shape index (κ2) is 7.13. The van der Waals surface area contributed by atoms with Crippen LogP contribution < -0.4 is 11.1 Å². The van der Waals surface area contributed by atoms with Crippen molar-refractivity contribution in [2.45, 2.75) is 19.4 Å². The number of carbonyl (C=O) groups is 2. The molecular weight excluding hydrogens is 314 g/mol. The number of amides is 2. The van der Waals surface area contributed by atoms with E-state index in [1.54, 1.807) is 6.07 Å². The molecule has 0 saturated carbocycles. The van der Waals surface area contributed by atoms with Gasteiger partial charge in [0, 0.05) is 18.0 Å². The monoisotopic (exact) mass is 333 g/mol. The van der Waals surface area contributed by atoms with Gasteiger partial charge < -0.3 is 11.1 Å². The van der Waals surface area contributed by atoms with Gasteiger partial charge in [-0.2, -0.15) is 0 Å². The molecule has 0 fully saturated rings. The zero-order valence-corrected chi connectivity index (χ0v) is 13.9. The summed E-state index contributed by atoms with van der Waals surface area (Å²) in [6.45, 7) is 1.99. The molecule has 0 spiro atoms. The molecule has 25 heavy (non-hydrogen) atoms. The molecule has 1 aromatic heterocycles. The molecule has 2 amide bonds. The lowest BCUT2D eigenvalue weighted by molar-refractivity contribution is -0.119. The normalized spacial score (nSPS) is 11.9. The largest absolute Gasteiger partial charge is 0.368 e. The first-order valence-electron chi connectivity index (χ1n) is 8.03. The number of aromatic nitrogens is 1. The van der Waals surface area contributed by atoms with Crippen molar-refractivity contribution < 1.29 is 9.59 Å². The first kappa shape index (κ1) is 16.6. The first-order valence-corrected chi connectivity index (χ1v) is 8.03. The number of rotatable bonds is 5. The Morgan fingerprint density at radius 3 is 2.56 bits per heavy atom. The number of fused-ring (bicyclic) bond motifs is 1. The molecule has 126 valence electrons. The van der Waals surface area contributed by atoms with Gasteiger partial charge in [0.2, 0.25) is 5.91 Å². The summed E-state index contributed by atoms with van der Waals surface area (Å²) in [6.07, 6.45) is 1.85. The molecular formula is C20H19N3O2. The average Bonchev–Trinajstić information content (AvgIpc) is 2.62. The molecule has 1 atom stereocenters. The first-order chi connectivity index (χ1) is 12.0. The van der Waals surface area contributed by atoms with Crippen molar-refractivity contribution >= 4 is 22.7 Å². The van der Waals surface area contributed by atoms with E-state index in [2.05, 4.69) is 10.3 Å². The van der Waals surface area contributed by atoms with Crippen LogP contribution in [0, 0.1) is 6.92 Å². The fourth-order valence-electron chi connectivity index (χ4n) is 2.62. The summed E-state index contributed by atoms with van der Waals surface area (Å²) in [5, 5.41) is 3.57. The van der Waals surface area contributed by atoms with Crippen molar-refractivity contribution in [3.63, 3.8) is 0 Å². The van der Waals surface area contributed by atoms with E-state index in [1.807, 2.05) is 55.5 Å². The second-order valence-electron chi connectivity index (χ2n) is 6.03. The standard InChI is InChI=1S/C20H19N3O2/c1-13-6-8-14(9-7-13)10-18(19(21)24)23-20(25)16-11-15-4-2-3-5-17(15)22-12-16/h2-9,11-12,18H,10H2,1H3,(H2,21,24)(H,23,25)/t18-/m0/s1. The molecule has 0 saturated heterocycles. The molecule has 0 unspecified atom stereocenters. The van der Waals surface area contributed by atoms with E-state index in [-0.39, 0.29) is 5.91 Å². The predicted octanol–water partition coefficient (Wildman–Crippen LogP) is 2.37. The van der Waals surface area contributed by atoms with Gasteiger partial charge >= 0.3 is 0 Å². The van der Waals surface area contributed by atoms with Gasteiger partial charge in [0.25, 0.3) is 5.91 Å². The third-order valence-electron chi connectivity index (χ3n) is 4.06. The Kier molecular flexibility index (Phi) is 4.75. The molecule has 0 aliphatic rings. The molecule has 3 N–H and O–H groups in total. The zero-order valence-electron chi connectivity index (χ0n) is 13.9. The molecule has 0 radical (unpaired) electrons. The third-order valence-corrected chi connectivity index (χ3v) is 4.06. The van der Waals surface area contributed by atoms with Crippen molar-refractivity contribution in [2.24, 2.45) is 5.73 Å². The van der Waals surface area contributed by atoms with Crippen molar-refractivity contribution in [1.29, 1.82) is 0 Å². The number of nitrogens with one attached hydrogen (secondary N) is 1. The smallest absolute Gasteiger partial charge is 0.253 e. The quantitative estimate of drug-likeness (QED) is 0.752. The highest BCUT2D eigenvalue weighted by Crippen LogP contribution is 2.13. The van der Waals surface area contributed by atoms with Crippen LogP contribution in [0.4, 0.5) is 0 Å². The summed E-state index contributed by atoms with van der Waals surface area (Å²) in [5.41, 5.74) is 8.74. The maximum atomic E-state index is 12.5. The van der Waals surface area contributed by atoms with Crippen molar-refractivity contribution in [2.75, 3.05) is 0 Å². The number of hydrogen-bond donors (Lipinski definition) is 2. The number of pyridine rings is 1. The minimum absolute atomic E-state index is 0.350. The van der Waals surface area contributed by atoms with Crippen LogP contribution in [0.3, 0.4) is 0 Å². The van der Waals surface area contributed by atoms with E-state index in [1.165, 1.54) is 6.20 Å². The Hall–Kier alpha value is -3.21. The Balaban J connectivity index is 1.77. The molecule has 5 heteroatoms. The van der Waals surface area contributed by atoms with Gasteiger partial charge in [0.05, 0.1) is 11.1 Å². The van der Waals surface area contributed by atoms with Gasteiger partial charge in [-0.25, -0.2) is 0 Å². The molecule has 0 aliphatic heterocycles. The Morgan fingerprint density at radius 2 is 1.84 bits per heavy atom. The molecule has 3 rings (SSSR count). The highest BCUT2D eigenvalue weighted by atomic mass is 16.2. The maximum absolute atomic E-state index is 12.5. The number of primary amides is 1. The van der Waals surface area contributed by atoms with E-state index in [0.717, 1.165) is 22.0 Å².